The van der Waals surface area contributed by atoms with Crippen LogP contribution in [-0.4, -0.2) is 54.8 Å². The Kier molecular flexibility index (Phi) is 6.97. The fourth-order valence-corrected chi connectivity index (χ4v) is 3.46. The van der Waals surface area contributed by atoms with Gasteiger partial charge in [0.1, 0.15) is 0 Å². The van der Waals surface area contributed by atoms with E-state index in [0.29, 0.717) is 31.1 Å². The van der Waals surface area contributed by atoms with E-state index in [1.165, 1.54) is 11.1 Å². The molecule has 0 atom stereocenters. The molecule has 1 N–H and O–H groups in total. The van der Waals surface area contributed by atoms with Crippen LogP contribution < -0.4 is 14.8 Å². The number of aryl methyl sites for hydroxylation is 1. The Bertz CT molecular complexity index is 873. The molecule has 30 heavy (non-hydrogen) atoms. The first-order valence-electron chi connectivity index (χ1n) is 10.4. The zero-order chi connectivity index (χ0) is 21.7. The van der Waals surface area contributed by atoms with Crippen molar-refractivity contribution < 1.29 is 18.8 Å². The second-order valence-corrected chi connectivity index (χ2v) is 8.61. The second-order valence-electron chi connectivity index (χ2n) is 8.61. The SMILES string of the molecule is COc1cc2c(cc1OC)CN(CCNC(=O)CCc1nc(C(C)(C)C)no1)CC2. The van der Waals surface area contributed by atoms with Gasteiger partial charge < -0.3 is 19.3 Å². The number of methoxy groups -OCH3 is 2. The first kappa shape index (κ1) is 22.1. The Hall–Kier alpha value is -2.61. The number of hydrogen-bond donors (Lipinski definition) is 1. The van der Waals surface area contributed by atoms with Gasteiger partial charge in [-0.3, -0.25) is 9.69 Å². The van der Waals surface area contributed by atoms with Crippen LogP contribution in [0.15, 0.2) is 16.7 Å². The van der Waals surface area contributed by atoms with Gasteiger partial charge in [-0.15, -0.1) is 0 Å². The molecule has 1 amide bonds. The lowest BCUT2D eigenvalue weighted by molar-refractivity contribution is -0.121. The molecule has 8 nitrogen and oxygen atoms in total. The van der Waals surface area contributed by atoms with Crippen LogP contribution in [0.1, 0.15) is 50.0 Å². The topological polar surface area (TPSA) is 89.7 Å². The van der Waals surface area contributed by atoms with Crippen LogP contribution in [0.4, 0.5) is 0 Å². The highest BCUT2D eigenvalue weighted by atomic mass is 16.5. The van der Waals surface area contributed by atoms with Crippen molar-refractivity contribution in [3.63, 3.8) is 0 Å². The first-order chi connectivity index (χ1) is 14.3. The Morgan fingerprint density at radius 3 is 2.53 bits per heavy atom. The van der Waals surface area contributed by atoms with E-state index >= 15 is 0 Å². The van der Waals surface area contributed by atoms with Crippen molar-refractivity contribution >= 4 is 5.91 Å². The smallest absolute Gasteiger partial charge is 0.227 e. The highest BCUT2D eigenvalue weighted by Gasteiger charge is 2.21. The maximum absolute atomic E-state index is 12.2. The van der Waals surface area contributed by atoms with E-state index in [1.54, 1.807) is 14.2 Å². The highest BCUT2D eigenvalue weighted by molar-refractivity contribution is 5.75. The largest absolute Gasteiger partial charge is 0.493 e. The Labute approximate surface area is 177 Å². The zero-order valence-corrected chi connectivity index (χ0v) is 18.6. The molecule has 0 aliphatic carbocycles. The third kappa shape index (κ3) is 5.50. The number of amides is 1. The van der Waals surface area contributed by atoms with Gasteiger partial charge in [-0.25, -0.2) is 0 Å². The Balaban J connectivity index is 1.42. The van der Waals surface area contributed by atoms with Crippen molar-refractivity contribution in [1.82, 2.24) is 20.4 Å². The van der Waals surface area contributed by atoms with Gasteiger partial charge in [0.15, 0.2) is 17.3 Å². The quantitative estimate of drug-likeness (QED) is 0.707. The van der Waals surface area contributed by atoms with Gasteiger partial charge >= 0.3 is 0 Å². The summed E-state index contributed by atoms with van der Waals surface area (Å²) < 4.78 is 16.0. The number of nitrogens with zero attached hydrogens (tertiary/aromatic N) is 3. The maximum Gasteiger partial charge on any atom is 0.227 e. The molecule has 1 aromatic carbocycles. The normalized spacial score (nSPS) is 14.3. The molecule has 0 bridgehead atoms. The number of benzene rings is 1. The van der Waals surface area contributed by atoms with Crippen LogP contribution in [0.2, 0.25) is 0 Å². The molecule has 0 saturated carbocycles. The summed E-state index contributed by atoms with van der Waals surface area (Å²) in [5.41, 5.74) is 2.38. The summed E-state index contributed by atoms with van der Waals surface area (Å²) in [6.45, 7) is 9.28. The molecule has 8 heteroatoms. The molecule has 2 aromatic rings. The van der Waals surface area contributed by atoms with E-state index in [1.807, 2.05) is 20.8 Å². The van der Waals surface area contributed by atoms with E-state index in [-0.39, 0.29) is 11.3 Å². The van der Waals surface area contributed by atoms with Crippen molar-refractivity contribution in [3.05, 3.63) is 35.0 Å². The Morgan fingerprint density at radius 1 is 1.20 bits per heavy atom. The number of carbonyl (C=O) groups is 1. The van der Waals surface area contributed by atoms with Gasteiger partial charge in [0.25, 0.3) is 0 Å². The van der Waals surface area contributed by atoms with E-state index in [0.717, 1.165) is 37.6 Å². The summed E-state index contributed by atoms with van der Waals surface area (Å²) in [5, 5.41) is 6.98. The summed E-state index contributed by atoms with van der Waals surface area (Å²) in [5.74, 6) is 2.69. The summed E-state index contributed by atoms with van der Waals surface area (Å²) in [7, 11) is 3.31. The van der Waals surface area contributed by atoms with Crippen molar-refractivity contribution in [2.45, 2.75) is 52.0 Å². The zero-order valence-electron chi connectivity index (χ0n) is 18.6. The van der Waals surface area contributed by atoms with Crippen molar-refractivity contribution in [2.24, 2.45) is 0 Å². The molecule has 164 valence electrons. The number of ether oxygens (including phenoxy) is 2. The van der Waals surface area contributed by atoms with E-state index in [4.69, 9.17) is 14.0 Å². The minimum absolute atomic E-state index is 0.00526. The fraction of sp³-hybridized carbons (Fsp3) is 0.591. The van der Waals surface area contributed by atoms with Crippen molar-refractivity contribution in [3.8, 4) is 11.5 Å². The van der Waals surface area contributed by atoms with Crippen LogP contribution in [0, 0.1) is 0 Å². The van der Waals surface area contributed by atoms with E-state index in [2.05, 4.69) is 32.5 Å². The summed E-state index contributed by atoms with van der Waals surface area (Å²) >= 11 is 0. The van der Waals surface area contributed by atoms with Gasteiger partial charge in [-0.2, -0.15) is 4.98 Å². The minimum atomic E-state index is -0.160. The number of hydrogen-bond acceptors (Lipinski definition) is 7. The third-order valence-electron chi connectivity index (χ3n) is 5.25. The molecule has 1 aliphatic rings. The van der Waals surface area contributed by atoms with E-state index in [9.17, 15) is 4.79 Å². The fourth-order valence-electron chi connectivity index (χ4n) is 3.46. The van der Waals surface area contributed by atoms with Gasteiger partial charge in [0, 0.05) is 44.4 Å². The summed E-state index contributed by atoms with van der Waals surface area (Å²) in [6, 6.07) is 4.12. The van der Waals surface area contributed by atoms with Gasteiger partial charge in [-0.05, 0) is 29.7 Å². The van der Waals surface area contributed by atoms with Gasteiger partial charge in [0.05, 0.1) is 14.2 Å². The summed E-state index contributed by atoms with van der Waals surface area (Å²) in [6.07, 6.45) is 1.75. The predicted octanol–water partition coefficient (Wildman–Crippen LogP) is 2.49. The molecule has 3 rings (SSSR count). The van der Waals surface area contributed by atoms with Crippen LogP contribution in [0.25, 0.3) is 0 Å². The average Bonchev–Trinajstić information content (AvgIpc) is 3.21. The minimum Gasteiger partial charge on any atom is -0.493 e. The molecule has 2 heterocycles. The van der Waals surface area contributed by atoms with Gasteiger partial charge in [-0.1, -0.05) is 25.9 Å². The second kappa shape index (κ2) is 9.47. The van der Waals surface area contributed by atoms with Crippen molar-refractivity contribution in [2.75, 3.05) is 33.9 Å². The van der Waals surface area contributed by atoms with E-state index < -0.39 is 0 Å². The predicted molar refractivity (Wildman–Crippen MR) is 113 cm³/mol. The van der Waals surface area contributed by atoms with Crippen LogP contribution >= 0.6 is 0 Å². The van der Waals surface area contributed by atoms with Gasteiger partial charge in [0.2, 0.25) is 11.8 Å². The summed E-state index contributed by atoms with van der Waals surface area (Å²) in [4.78, 5) is 18.9. The van der Waals surface area contributed by atoms with Crippen molar-refractivity contribution in [1.29, 1.82) is 0 Å². The molecule has 1 aliphatic heterocycles. The number of carbonyl (C=O) groups excluding carboxylic acids is 1. The monoisotopic (exact) mass is 416 g/mol. The number of rotatable bonds is 8. The number of nitrogens with one attached hydrogen (secondary N) is 1. The number of aromatic nitrogens is 2. The first-order valence-corrected chi connectivity index (χ1v) is 10.4. The number of fused-ring (bicyclic) bond motifs is 1. The lowest BCUT2D eigenvalue weighted by Gasteiger charge is -2.29. The molecule has 0 spiro atoms. The van der Waals surface area contributed by atoms with Crippen LogP contribution in [0.3, 0.4) is 0 Å². The average molecular weight is 417 g/mol. The van der Waals surface area contributed by atoms with Crippen LogP contribution in [-0.2, 0) is 29.6 Å². The molecular formula is C22H32N4O4. The molecule has 0 saturated heterocycles. The molecule has 0 unspecified atom stereocenters. The Morgan fingerprint density at radius 2 is 1.90 bits per heavy atom. The lowest BCUT2D eigenvalue weighted by atomic mass is 9.96. The standard InChI is InChI=1S/C22H32N4O4/c1-22(2,3)21-24-20(30-25-21)7-6-19(27)23-9-11-26-10-8-15-12-17(28-4)18(29-5)13-16(15)14-26/h12-13H,6-11,14H2,1-5H3,(H,23,27). The molecule has 0 radical (unpaired) electrons. The third-order valence-corrected chi connectivity index (χ3v) is 5.25. The van der Waals surface area contributed by atoms with Crippen LogP contribution in [0.5, 0.6) is 11.5 Å². The lowest BCUT2D eigenvalue weighted by Crippen LogP contribution is -2.37. The molecule has 0 fully saturated rings. The molecular weight excluding hydrogens is 384 g/mol. The maximum atomic E-state index is 12.2. The molecule has 1 aromatic heterocycles. The highest BCUT2D eigenvalue weighted by Crippen LogP contribution is 2.33.